The van der Waals surface area contributed by atoms with Gasteiger partial charge in [-0.05, 0) is 31.4 Å². The highest BCUT2D eigenvalue weighted by Crippen LogP contribution is 2.08. The Kier molecular flexibility index (Phi) is 17.6. The molecule has 19 heavy (non-hydrogen) atoms. The van der Waals surface area contributed by atoms with Gasteiger partial charge in [-0.3, -0.25) is 0 Å². The van der Waals surface area contributed by atoms with E-state index < -0.39 is 0 Å². The lowest BCUT2D eigenvalue weighted by Crippen LogP contribution is -1.94. The van der Waals surface area contributed by atoms with E-state index in [1.165, 1.54) is 51.4 Å². The summed E-state index contributed by atoms with van der Waals surface area (Å²) in [6.07, 6.45) is 16.8. The van der Waals surface area contributed by atoms with Crippen LogP contribution < -0.4 is 0 Å². The maximum absolute atomic E-state index is 5.58. The molecule has 2 heteroatoms. The summed E-state index contributed by atoms with van der Waals surface area (Å²) < 4.78 is 5.52. The number of hydrogen-bond acceptors (Lipinski definition) is 1. The lowest BCUT2D eigenvalue weighted by atomic mass is 10.1. The Morgan fingerprint density at radius 1 is 0.895 bits per heavy atom. The van der Waals surface area contributed by atoms with Crippen molar-refractivity contribution >= 4 is 11.6 Å². The summed E-state index contributed by atoms with van der Waals surface area (Å²) in [7, 11) is 0. The molecule has 0 aromatic carbocycles. The Hall–Kier alpha value is -0.230. The first kappa shape index (κ1) is 18.8. The Balaban J connectivity index is 3.08. The second-order valence-electron chi connectivity index (χ2n) is 4.96. The summed E-state index contributed by atoms with van der Waals surface area (Å²) in [4.78, 5) is 0. The van der Waals surface area contributed by atoms with Crippen molar-refractivity contribution in [2.45, 2.75) is 71.1 Å². The van der Waals surface area contributed by atoms with Gasteiger partial charge in [0.1, 0.15) is 0 Å². The third-order valence-corrected chi connectivity index (χ3v) is 3.33. The summed E-state index contributed by atoms with van der Waals surface area (Å²) in [6.45, 7) is 3.83. The van der Waals surface area contributed by atoms with Gasteiger partial charge in [-0.2, -0.15) is 0 Å². The van der Waals surface area contributed by atoms with Crippen molar-refractivity contribution in [2.24, 2.45) is 0 Å². The summed E-state index contributed by atoms with van der Waals surface area (Å²) in [5.74, 6) is 0.729. The quantitative estimate of drug-likeness (QED) is 0.220. The monoisotopic (exact) mass is 286 g/mol. The Bertz CT molecular complexity index is 219. The highest BCUT2D eigenvalue weighted by Gasteiger charge is 1.91. The van der Waals surface area contributed by atoms with E-state index in [1.807, 2.05) is 12.2 Å². The van der Waals surface area contributed by atoms with Crippen LogP contribution >= 0.6 is 11.6 Å². The van der Waals surface area contributed by atoms with E-state index in [2.05, 4.69) is 12.7 Å². The molecule has 1 nitrogen and oxygen atoms in total. The van der Waals surface area contributed by atoms with Crippen LogP contribution in [0.15, 0.2) is 17.9 Å². The number of halogens is 1. The van der Waals surface area contributed by atoms with E-state index in [9.17, 15) is 0 Å². The molecule has 0 aliphatic heterocycles. The molecule has 0 aliphatic carbocycles. The van der Waals surface area contributed by atoms with Crippen LogP contribution in [-0.2, 0) is 4.74 Å². The number of alkyl halides is 1. The molecule has 0 bridgehead atoms. The smallest absolute Gasteiger partial charge is 0.0721 e. The molecule has 0 saturated carbocycles. The van der Waals surface area contributed by atoms with Crippen molar-refractivity contribution in [3.8, 4) is 0 Å². The van der Waals surface area contributed by atoms with Crippen molar-refractivity contribution in [3.05, 3.63) is 17.9 Å². The van der Waals surface area contributed by atoms with E-state index in [1.54, 1.807) is 0 Å². The second-order valence-corrected chi connectivity index (χ2v) is 5.33. The lowest BCUT2D eigenvalue weighted by Gasteiger charge is -2.02. The molecule has 0 atom stereocenters. The van der Waals surface area contributed by atoms with Gasteiger partial charge in [0.2, 0.25) is 0 Å². The maximum Gasteiger partial charge on any atom is 0.0721 e. The molecule has 0 fully saturated rings. The zero-order valence-electron chi connectivity index (χ0n) is 12.6. The molecule has 0 radical (unpaired) electrons. The summed E-state index contributed by atoms with van der Waals surface area (Å²) in [5, 5.41) is 0. The largest absolute Gasteiger partial charge is 0.377 e. The minimum absolute atomic E-state index is 0.688. The fraction of sp³-hybridized carbons (Fsp3) is 0.824. The normalized spacial score (nSPS) is 10.2. The van der Waals surface area contributed by atoms with Gasteiger partial charge < -0.3 is 4.74 Å². The standard InChI is InChI=1S/C17H31ClO/c1-2-3-4-5-6-7-10-13-16-19-17-14-11-8-9-12-15-18/h8,14H,2-7,9-10,12-13,15-17H2,1H3. The van der Waals surface area contributed by atoms with E-state index >= 15 is 0 Å². The van der Waals surface area contributed by atoms with Crippen LogP contribution in [0.3, 0.4) is 0 Å². The van der Waals surface area contributed by atoms with Gasteiger partial charge >= 0.3 is 0 Å². The van der Waals surface area contributed by atoms with E-state index in [0.29, 0.717) is 6.61 Å². The molecule has 0 unspecified atom stereocenters. The predicted molar refractivity (Wildman–Crippen MR) is 86.0 cm³/mol. The minimum atomic E-state index is 0.688. The van der Waals surface area contributed by atoms with Crippen LogP contribution in [0.2, 0.25) is 0 Å². The summed E-state index contributed by atoms with van der Waals surface area (Å²) >= 11 is 5.58. The Morgan fingerprint density at radius 3 is 2.26 bits per heavy atom. The first-order valence-corrected chi connectivity index (χ1v) is 8.48. The van der Waals surface area contributed by atoms with Gasteiger partial charge in [-0.25, -0.2) is 0 Å². The molecule has 0 spiro atoms. The topological polar surface area (TPSA) is 9.23 Å². The fourth-order valence-corrected chi connectivity index (χ4v) is 2.03. The Labute approximate surface area is 125 Å². The predicted octanol–water partition coefficient (Wildman–Crippen LogP) is 5.87. The molecule has 0 rings (SSSR count). The van der Waals surface area contributed by atoms with Crippen LogP contribution in [0.25, 0.3) is 0 Å². The first-order valence-electron chi connectivity index (χ1n) is 7.95. The summed E-state index contributed by atoms with van der Waals surface area (Å²) in [6, 6.07) is 0. The van der Waals surface area contributed by atoms with Gasteiger partial charge in [0.15, 0.2) is 0 Å². The van der Waals surface area contributed by atoms with Gasteiger partial charge in [-0.15, -0.1) is 17.3 Å². The van der Waals surface area contributed by atoms with Crippen LogP contribution in [0.1, 0.15) is 71.1 Å². The fourth-order valence-electron chi connectivity index (χ4n) is 1.87. The third kappa shape index (κ3) is 17.8. The molecule has 0 aliphatic rings. The van der Waals surface area contributed by atoms with Crippen LogP contribution in [0, 0.1) is 0 Å². The number of rotatable bonds is 14. The molecule has 0 saturated heterocycles. The van der Waals surface area contributed by atoms with Crippen molar-refractivity contribution in [3.63, 3.8) is 0 Å². The van der Waals surface area contributed by atoms with Crippen molar-refractivity contribution in [1.29, 1.82) is 0 Å². The van der Waals surface area contributed by atoms with Gasteiger partial charge in [-0.1, -0.05) is 51.9 Å². The van der Waals surface area contributed by atoms with E-state index in [4.69, 9.17) is 16.3 Å². The van der Waals surface area contributed by atoms with Crippen molar-refractivity contribution in [2.75, 3.05) is 19.1 Å². The number of ether oxygens (including phenoxy) is 1. The molecule has 112 valence electrons. The SMILES string of the molecule is CCCCCCCCCCOCC=C=CCCCCl. The zero-order chi connectivity index (χ0) is 14.0. The molecule has 0 heterocycles. The van der Waals surface area contributed by atoms with Gasteiger partial charge in [0.25, 0.3) is 0 Å². The molecule has 0 aromatic heterocycles. The average molecular weight is 287 g/mol. The van der Waals surface area contributed by atoms with Crippen LogP contribution in [0.5, 0.6) is 0 Å². The molecule has 0 amide bonds. The average Bonchev–Trinajstić information content (AvgIpc) is 2.43. The molecule has 0 N–H and O–H groups in total. The molecule has 0 aromatic rings. The highest BCUT2D eigenvalue weighted by atomic mass is 35.5. The van der Waals surface area contributed by atoms with Crippen LogP contribution in [0.4, 0.5) is 0 Å². The molecular formula is C17H31ClO. The van der Waals surface area contributed by atoms with Crippen molar-refractivity contribution in [1.82, 2.24) is 0 Å². The maximum atomic E-state index is 5.58. The highest BCUT2D eigenvalue weighted by molar-refractivity contribution is 6.17. The number of unbranched alkanes of at least 4 members (excludes halogenated alkanes) is 8. The molecular weight excluding hydrogens is 256 g/mol. The first-order chi connectivity index (χ1) is 9.41. The van der Waals surface area contributed by atoms with E-state index in [0.717, 1.165) is 25.3 Å². The van der Waals surface area contributed by atoms with E-state index in [-0.39, 0.29) is 0 Å². The second kappa shape index (κ2) is 17.8. The Morgan fingerprint density at radius 2 is 1.58 bits per heavy atom. The minimum Gasteiger partial charge on any atom is -0.377 e. The lowest BCUT2D eigenvalue weighted by molar-refractivity contribution is 0.157. The third-order valence-electron chi connectivity index (χ3n) is 3.06. The number of hydrogen-bond donors (Lipinski definition) is 0. The van der Waals surface area contributed by atoms with Crippen LogP contribution in [-0.4, -0.2) is 19.1 Å². The van der Waals surface area contributed by atoms with Gasteiger partial charge in [0, 0.05) is 12.5 Å². The van der Waals surface area contributed by atoms with Gasteiger partial charge in [0.05, 0.1) is 6.61 Å². The van der Waals surface area contributed by atoms with Crippen molar-refractivity contribution < 1.29 is 4.74 Å². The summed E-state index contributed by atoms with van der Waals surface area (Å²) in [5.41, 5.74) is 3.12. The zero-order valence-corrected chi connectivity index (χ0v) is 13.4.